The highest BCUT2D eigenvalue weighted by molar-refractivity contribution is 5.95. The van der Waals surface area contributed by atoms with Crippen molar-refractivity contribution in [2.45, 2.75) is 37.4 Å². The van der Waals surface area contributed by atoms with Crippen molar-refractivity contribution < 1.29 is 18.0 Å². The van der Waals surface area contributed by atoms with Gasteiger partial charge in [0.25, 0.3) is 5.91 Å². The molecule has 1 saturated carbocycles. The van der Waals surface area contributed by atoms with E-state index < -0.39 is 11.7 Å². The maximum absolute atomic E-state index is 13.0. The Kier molecular flexibility index (Phi) is 5.48. The molecule has 4 rings (SSSR count). The van der Waals surface area contributed by atoms with Gasteiger partial charge in [0.1, 0.15) is 0 Å². The normalized spacial score (nSPS) is 19.6. The minimum Gasteiger partial charge on any atom is -0.348 e. The molecule has 1 amide bonds. The second-order valence-electron chi connectivity index (χ2n) is 6.84. The summed E-state index contributed by atoms with van der Waals surface area (Å²) >= 11 is 0. The number of hydrogen-bond acceptors (Lipinski definition) is 3. The first-order valence-electron chi connectivity index (χ1n) is 8.70. The summed E-state index contributed by atoms with van der Waals surface area (Å²) in [5, 5.41) is 10.4. The molecular weight excluding hydrogens is 381 g/mol. The molecule has 2 N–H and O–H groups in total. The highest BCUT2D eigenvalue weighted by atomic mass is 35.5. The number of nitrogens with zero attached hydrogens (tertiary/aromatic N) is 2. The fourth-order valence-corrected chi connectivity index (χ4v) is 3.34. The molecule has 0 spiro atoms. The molecule has 1 aliphatic carbocycles. The molecule has 0 radical (unpaired) electrons. The largest absolute Gasteiger partial charge is 0.416 e. The van der Waals surface area contributed by atoms with E-state index in [9.17, 15) is 18.0 Å². The molecule has 1 saturated heterocycles. The maximum Gasteiger partial charge on any atom is 0.416 e. The molecule has 1 atom stereocenters. The molecule has 27 heavy (non-hydrogen) atoms. The van der Waals surface area contributed by atoms with Gasteiger partial charge in [0.15, 0.2) is 0 Å². The van der Waals surface area contributed by atoms with Crippen LogP contribution in [0.3, 0.4) is 0 Å². The Bertz CT molecular complexity index is 826. The van der Waals surface area contributed by atoms with E-state index in [4.69, 9.17) is 0 Å². The molecular formula is C18H20ClF3N4O. The molecule has 2 aromatic rings. The quantitative estimate of drug-likeness (QED) is 0.828. The van der Waals surface area contributed by atoms with Gasteiger partial charge >= 0.3 is 6.18 Å². The number of halogens is 4. The molecule has 2 fully saturated rings. The summed E-state index contributed by atoms with van der Waals surface area (Å²) in [4.78, 5) is 12.7. The molecule has 2 aliphatic rings. The van der Waals surface area contributed by atoms with Crippen molar-refractivity contribution >= 4 is 18.3 Å². The van der Waals surface area contributed by atoms with Crippen molar-refractivity contribution in [2.75, 3.05) is 13.1 Å². The topological polar surface area (TPSA) is 59.0 Å². The van der Waals surface area contributed by atoms with E-state index in [-0.39, 0.29) is 30.3 Å². The van der Waals surface area contributed by atoms with Crippen molar-refractivity contribution in [2.24, 2.45) is 0 Å². The van der Waals surface area contributed by atoms with Gasteiger partial charge in [-0.25, -0.2) is 4.68 Å². The molecule has 2 heterocycles. The molecule has 1 aliphatic heterocycles. The first-order chi connectivity index (χ1) is 12.4. The highest BCUT2D eigenvalue weighted by Gasteiger charge is 2.35. The summed E-state index contributed by atoms with van der Waals surface area (Å²) < 4.78 is 40.5. The van der Waals surface area contributed by atoms with Gasteiger partial charge in [0.05, 0.1) is 28.7 Å². The van der Waals surface area contributed by atoms with E-state index in [1.54, 1.807) is 6.07 Å². The number of hydrogen-bond donors (Lipinski definition) is 2. The van der Waals surface area contributed by atoms with E-state index >= 15 is 0 Å². The first-order valence-corrected chi connectivity index (χ1v) is 8.70. The Morgan fingerprint density at radius 3 is 2.67 bits per heavy atom. The molecule has 1 aromatic heterocycles. The number of alkyl halides is 3. The predicted molar refractivity (Wildman–Crippen MR) is 96.5 cm³/mol. The van der Waals surface area contributed by atoms with Crippen LogP contribution in [0.1, 0.15) is 46.8 Å². The monoisotopic (exact) mass is 400 g/mol. The molecule has 1 aromatic carbocycles. The molecule has 0 bridgehead atoms. The lowest BCUT2D eigenvalue weighted by atomic mass is 10.1. The number of amides is 1. The summed E-state index contributed by atoms with van der Waals surface area (Å²) in [6.07, 6.45) is -0.262. The Balaban J connectivity index is 0.00000210. The summed E-state index contributed by atoms with van der Waals surface area (Å²) in [7, 11) is 0. The third-order valence-electron chi connectivity index (χ3n) is 4.83. The predicted octanol–water partition coefficient (Wildman–Crippen LogP) is 3.28. The number of aromatic nitrogens is 2. The van der Waals surface area contributed by atoms with Crippen LogP contribution in [-0.4, -0.2) is 34.8 Å². The highest BCUT2D eigenvalue weighted by Crippen LogP contribution is 2.42. The minimum atomic E-state index is -4.42. The van der Waals surface area contributed by atoms with E-state index in [1.165, 1.54) is 16.9 Å². The Hall–Kier alpha value is -2.06. The second kappa shape index (κ2) is 7.52. The van der Waals surface area contributed by atoms with Gasteiger partial charge in [-0.1, -0.05) is 6.07 Å². The Morgan fingerprint density at radius 2 is 2.04 bits per heavy atom. The summed E-state index contributed by atoms with van der Waals surface area (Å²) in [5.74, 6) is -0.0479. The Labute approximate surface area is 160 Å². The van der Waals surface area contributed by atoms with Crippen molar-refractivity contribution in [1.82, 2.24) is 20.4 Å². The number of rotatable bonds is 4. The van der Waals surface area contributed by atoms with Gasteiger partial charge in [-0.05, 0) is 44.0 Å². The van der Waals surface area contributed by atoms with Crippen LogP contribution in [-0.2, 0) is 6.18 Å². The van der Waals surface area contributed by atoms with Crippen LogP contribution in [0.4, 0.5) is 13.2 Å². The van der Waals surface area contributed by atoms with Gasteiger partial charge < -0.3 is 10.6 Å². The van der Waals surface area contributed by atoms with Crippen molar-refractivity contribution in [3.05, 3.63) is 47.3 Å². The third-order valence-corrected chi connectivity index (χ3v) is 4.83. The Morgan fingerprint density at radius 1 is 1.26 bits per heavy atom. The van der Waals surface area contributed by atoms with Crippen LogP contribution in [0.2, 0.25) is 0 Å². The van der Waals surface area contributed by atoms with E-state index in [0.717, 1.165) is 44.5 Å². The standard InChI is InChI=1S/C18H19F3N4O.ClH/c19-18(20,21)12-2-1-3-14(8-12)25-16(11-4-5-11)15(10-23-25)17(26)24-13-6-7-22-9-13;/h1-3,8,10-11,13,22H,4-7,9H2,(H,24,26);1H. The van der Waals surface area contributed by atoms with E-state index in [2.05, 4.69) is 15.7 Å². The zero-order valence-corrected chi connectivity index (χ0v) is 15.2. The van der Waals surface area contributed by atoms with Gasteiger partial charge in [-0.15, -0.1) is 12.4 Å². The van der Waals surface area contributed by atoms with Crippen LogP contribution >= 0.6 is 12.4 Å². The van der Waals surface area contributed by atoms with Crippen molar-refractivity contribution in [3.8, 4) is 5.69 Å². The SMILES string of the molecule is Cl.O=C(NC1CCNC1)c1cnn(-c2cccc(C(F)(F)F)c2)c1C1CC1. The molecule has 146 valence electrons. The molecule has 9 heteroatoms. The summed E-state index contributed by atoms with van der Waals surface area (Å²) in [5.41, 5.74) is 0.753. The third kappa shape index (κ3) is 4.11. The van der Waals surface area contributed by atoms with Crippen LogP contribution in [0.5, 0.6) is 0 Å². The van der Waals surface area contributed by atoms with Crippen molar-refractivity contribution in [1.29, 1.82) is 0 Å². The van der Waals surface area contributed by atoms with Crippen molar-refractivity contribution in [3.63, 3.8) is 0 Å². The fourth-order valence-electron chi connectivity index (χ4n) is 3.34. The summed E-state index contributed by atoms with van der Waals surface area (Å²) in [6, 6.07) is 5.12. The number of benzene rings is 1. The number of carbonyl (C=O) groups is 1. The van der Waals surface area contributed by atoms with Crippen LogP contribution in [0.25, 0.3) is 5.69 Å². The smallest absolute Gasteiger partial charge is 0.348 e. The average Bonchev–Trinajstić information content (AvgIpc) is 3.13. The summed E-state index contributed by atoms with van der Waals surface area (Å²) in [6.45, 7) is 1.59. The van der Waals surface area contributed by atoms with Gasteiger partial charge in [0, 0.05) is 18.5 Å². The maximum atomic E-state index is 13.0. The number of nitrogens with one attached hydrogen (secondary N) is 2. The second-order valence-corrected chi connectivity index (χ2v) is 6.84. The fraction of sp³-hybridized carbons (Fsp3) is 0.444. The van der Waals surface area contributed by atoms with Crippen LogP contribution in [0.15, 0.2) is 30.5 Å². The lowest BCUT2D eigenvalue weighted by molar-refractivity contribution is -0.137. The number of carbonyl (C=O) groups excluding carboxylic acids is 1. The zero-order valence-electron chi connectivity index (χ0n) is 14.4. The zero-order chi connectivity index (χ0) is 18.3. The lowest BCUT2D eigenvalue weighted by Crippen LogP contribution is -2.36. The van der Waals surface area contributed by atoms with E-state index in [1.807, 2.05) is 0 Å². The van der Waals surface area contributed by atoms with Crippen LogP contribution < -0.4 is 10.6 Å². The van der Waals surface area contributed by atoms with Crippen LogP contribution in [0, 0.1) is 0 Å². The van der Waals surface area contributed by atoms with E-state index in [0.29, 0.717) is 16.9 Å². The average molecular weight is 401 g/mol. The molecule has 5 nitrogen and oxygen atoms in total. The first kappa shape index (κ1) is 19.7. The molecule has 1 unspecified atom stereocenters. The van der Waals surface area contributed by atoms with Gasteiger partial charge in [-0.3, -0.25) is 4.79 Å². The van der Waals surface area contributed by atoms with Gasteiger partial charge in [0.2, 0.25) is 0 Å². The van der Waals surface area contributed by atoms with Gasteiger partial charge in [-0.2, -0.15) is 18.3 Å². The lowest BCUT2D eigenvalue weighted by Gasteiger charge is -2.13. The minimum absolute atomic E-state index is 0.